The predicted octanol–water partition coefficient (Wildman–Crippen LogP) is 1.18. The van der Waals surface area contributed by atoms with Crippen molar-refractivity contribution in [1.82, 2.24) is 15.4 Å². The van der Waals surface area contributed by atoms with Crippen LogP contribution in [0, 0.1) is 11.6 Å². The second-order valence-corrected chi connectivity index (χ2v) is 7.23. The van der Waals surface area contributed by atoms with Gasteiger partial charge in [-0.2, -0.15) is 8.78 Å². The average molecular weight is 506 g/mol. The molecule has 1 fully saturated rings. The number of benzene rings is 1. The maximum absolute atomic E-state index is 14.8. The van der Waals surface area contributed by atoms with Gasteiger partial charge in [-0.3, -0.25) is 25.2 Å². The lowest BCUT2D eigenvalue weighted by Gasteiger charge is -2.25. The van der Waals surface area contributed by atoms with E-state index in [1.807, 2.05) is 0 Å². The van der Waals surface area contributed by atoms with E-state index in [9.17, 15) is 37.5 Å². The van der Waals surface area contributed by atoms with Crippen molar-refractivity contribution in [2.45, 2.75) is 12.5 Å². The largest absolute Gasteiger partial charge is 0.432 e. The Morgan fingerprint density at radius 3 is 2.54 bits per heavy atom. The Labute approximate surface area is 195 Å². The number of hydroxylamine groups is 3. The lowest BCUT2D eigenvalue weighted by atomic mass is 10.2. The van der Waals surface area contributed by atoms with Gasteiger partial charge in [0.25, 0.3) is 5.91 Å². The van der Waals surface area contributed by atoms with Crippen LogP contribution in [0.3, 0.4) is 0 Å². The molecule has 2 aromatic rings. The second-order valence-electron chi connectivity index (χ2n) is 7.23. The number of halogens is 4. The summed E-state index contributed by atoms with van der Waals surface area (Å²) in [5.74, 6) is -3.69. The standard InChI is InChI=1S/C19H22F4N6O6/c20-13-7-11(28(33)10-12(30)9-25-17(31)16(22)23)8-14(21)15(13)27-2-3-29(35-6-4-27)19(32)26-18-24-1-5-34-18/h1,5,7-8,12,16,30,33H,2-4,6,9-10H2,(H,25,31)(H,24,26,32)/t12-/m0/s1. The van der Waals surface area contributed by atoms with Gasteiger partial charge in [0.1, 0.15) is 12.0 Å². The molecule has 12 nitrogen and oxygen atoms in total. The van der Waals surface area contributed by atoms with Crippen molar-refractivity contribution in [2.75, 3.05) is 54.6 Å². The molecule has 1 aliphatic rings. The van der Waals surface area contributed by atoms with Crippen molar-refractivity contribution in [2.24, 2.45) is 0 Å². The number of nitrogens with zero attached hydrogens (tertiary/aromatic N) is 4. The molecular formula is C19H22F4N6O6. The monoisotopic (exact) mass is 506 g/mol. The average Bonchev–Trinajstić information content (AvgIpc) is 3.19. The van der Waals surface area contributed by atoms with E-state index < -0.39 is 54.9 Å². The van der Waals surface area contributed by atoms with E-state index in [0.29, 0.717) is 5.06 Å². The van der Waals surface area contributed by atoms with E-state index in [4.69, 9.17) is 9.25 Å². The van der Waals surface area contributed by atoms with E-state index in [1.54, 1.807) is 5.32 Å². The van der Waals surface area contributed by atoms with Crippen molar-refractivity contribution in [3.05, 3.63) is 36.2 Å². The highest BCUT2D eigenvalue weighted by atomic mass is 19.3. The summed E-state index contributed by atoms with van der Waals surface area (Å²) in [5, 5.41) is 25.2. The fourth-order valence-corrected chi connectivity index (χ4v) is 3.14. The zero-order valence-electron chi connectivity index (χ0n) is 18.0. The van der Waals surface area contributed by atoms with Gasteiger partial charge in [-0.05, 0) is 0 Å². The summed E-state index contributed by atoms with van der Waals surface area (Å²) in [6.07, 6.45) is -2.20. The number of carbonyl (C=O) groups is 2. The molecule has 3 rings (SSSR count). The normalized spacial score (nSPS) is 15.1. The zero-order valence-corrected chi connectivity index (χ0v) is 18.0. The predicted molar refractivity (Wildman–Crippen MR) is 111 cm³/mol. The van der Waals surface area contributed by atoms with Crippen molar-refractivity contribution >= 4 is 29.3 Å². The Bertz CT molecular complexity index is 991. The van der Waals surface area contributed by atoms with Gasteiger partial charge >= 0.3 is 18.5 Å². The Balaban J connectivity index is 1.60. The first-order chi connectivity index (χ1) is 16.7. The van der Waals surface area contributed by atoms with E-state index >= 15 is 0 Å². The van der Waals surface area contributed by atoms with Crippen LogP contribution in [0.25, 0.3) is 0 Å². The molecule has 16 heteroatoms. The number of nitrogens with one attached hydrogen (secondary N) is 2. The van der Waals surface area contributed by atoms with Crippen molar-refractivity contribution in [3.8, 4) is 0 Å². The number of alkyl halides is 2. The molecule has 2 heterocycles. The number of carbonyl (C=O) groups excluding carboxylic acids is 2. The molecule has 0 spiro atoms. The van der Waals surface area contributed by atoms with Gasteiger partial charge < -0.3 is 19.7 Å². The molecule has 1 aromatic heterocycles. The highest BCUT2D eigenvalue weighted by Gasteiger charge is 2.26. The summed E-state index contributed by atoms with van der Waals surface area (Å²) in [5.41, 5.74) is -0.786. The smallest absolute Gasteiger partial charge is 0.349 e. The minimum absolute atomic E-state index is 0.00240. The van der Waals surface area contributed by atoms with Crippen molar-refractivity contribution < 1.29 is 46.7 Å². The first kappa shape index (κ1) is 26.0. The van der Waals surface area contributed by atoms with Gasteiger partial charge in [0, 0.05) is 31.8 Å². The fourth-order valence-electron chi connectivity index (χ4n) is 3.14. The molecule has 0 unspecified atom stereocenters. The zero-order chi connectivity index (χ0) is 25.5. The van der Waals surface area contributed by atoms with E-state index in [-0.39, 0.29) is 37.9 Å². The van der Waals surface area contributed by atoms with Gasteiger partial charge in [0.05, 0.1) is 37.7 Å². The molecular weight excluding hydrogens is 484 g/mol. The van der Waals surface area contributed by atoms with Gasteiger partial charge in [-0.1, -0.05) is 0 Å². The number of urea groups is 1. The number of rotatable bonds is 8. The molecule has 0 bridgehead atoms. The number of amides is 3. The maximum Gasteiger partial charge on any atom is 0.349 e. The number of anilines is 3. The van der Waals surface area contributed by atoms with Crippen LogP contribution in [0.5, 0.6) is 0 Å². The number of hydrogen-bond acceptors (Lipinski definition) is 9. The molecule has 0 aliphatic carbocycles. The van der Waals surface area contributed by atoms with Gasteiger partial charge in [-0.15, -0.1) is 0 Å². The van der Waals surface area contributed by atoms with Crippen LogP contribution in [-0.4, -0.2) is 84.2 Å². The molecule has 1 saturated heterocycles. The summed E-state index contributed by atoms with van der Waals surface area (Å²) >= 11 is 0. The Hall–Kier alpha value is -3.63. The number of oxazole rings is 1. The van der Waals surface area contributed by atoms with Crippen LogP contribution in [0.1, 0.15) is 0 Å². The highest BCUT2D eigenvalue weighted by Crippen LogP contribution is 2.29. The first-order valence-corrected chi connectivity index (χ1v) is 10.2. The third-order valence-electron chi connectivity index (χ3n) is 4.76. The minimum Gasteiger partial charge on any atom is -0.432 e. The van der Waals surface area contributed by atoms with Gasteiger partial charge in [0.15, 0.2) is 11.6 Å². The highest BCUT2D eigenvalue weighted by molar-refractivity contribution is 5.86. The van der Waals surface area contributed by atoms with Crippen LogP contribution in [0.2, 0.25) is 0 Å². The summed E-state index contributed by atoms with van der Waals surface area (Å²) in [4.78, 5) is 33.4. The molecule has 35 heavy (non-hydrogen) atoms. The lowest BCUT2D eigenvalue weighted by Crippen LogP contribution is -2.41. The maximum atomic E-state index is 14.8. The van der Waals surface area contributed by atoms with Crippen LogP contribution in [0.4, 0.5) is 39.7 Å². The van der Waals surface area contributed by atoms with Gasteiger partial charge in [-0.25, -0.2) is 23.6 Å². The molecule has 1 aliphatic heterocycles. The molecule has 192 valence electrons. The molecule has 0 radical (unpaired) electrons. The van der Waals surface area contributed by atoms with E-state index in [0.717, 1.165) is 17.2 Å². The lowest BCUT2D eigenvalue weighted by molar-refractivity contribution is -0.132. The summed E-state index contributed by atoms with van der Waals surface area (Å²) in [6, 6.07) is 0.871. The fraction of sp³-hybridized carbons (Fsp3) is 0.421. The van der Waals surface area contributed by atoms with Crippen molar-refractivity contribution in [1.29, 1.82) is 0 Å². The first-order valence-electron chi connectivity index (χ1n) is 10.2. The molecule has 3 amide bonds. The summed E-state index contributed by atoms with van der Waals surface area (Å²) in [7, 11) is 0. The van der Waals surface area contributed by atoms with Crippen LogP contribution in [0.15, 0.2) is 29.0 Å². The van der Waals surface area contributed by atoms with Gasteiger partial charge in [0.2, 0.25) is 0 Å². The van der Waals surface area contributed by atoms with E-state index in [1.165, 1.54) is 17.4 Å². The Morgan fingerprint density at radius 1 is 1.20 bits per heavy atom. The van der Waals surface area contributed by atoms with Crippen molar-refractivity contribution in [3.63, 3.8) is 0 Å². The number of aliphatic hydroxyl groups excluding tert-OH is 1. The third-order valence-corrected chi connectivity index (χ3v) is 4.76. The molecule has 1 aromatic carbocycles. The van der Waals surface area contributed by atoms with Crippen LogP contribution < -0.4 is 20.6 Å². The third kappa shape index (κ3) is 6.93. The summed E-state index contributed by atoms with van der Waals surface area (Å²) in [6.45, 7) is -1.36. The molecule has 1 atom stereocenters. The minimum atomic E-state index is -3.28. The van der Waals surface area contributed by atoms with Crippen LogP contribution >= 0.6 is 0 Å². The number of aromatic nitrogens is 1. The molecule has 4 N–H and O–H groups in total. The topological polar surface area (TPSA) is 144 Å². The number of hydrogen-bond donors (Lipinski definition) is 4. The SMILES string of the molecule is O=C(NC[C@H](O)CN(O)c1cc(F)c(N2CCON(C(=O)Nc3ncco3)CC2)c(F)c1)C(F)F. The van der Waals surface area contributed by atoms with E-state index in [2.05, 4.69) is 10.3 Å². The number of aliphatic hydroxyl groups is 1. The second kappa shape index (κ2) is 11.7. The molecule has 0 saturated carbocycles. The van der Waals surface area contributed by atoms with Crippen LogP contribution in [-0.2, 0) is 9.63 Å². The quantitative estimate of drug-likeness (QED) is 0.307. The summed E-state index contributed by atoms with van der Waals surface area (Å²) < 4.78 is 58.9. The Morgan fingerprint density at radius 2 is 1.91 bits per heavy atom. The Kier molecular flexibility index (Phi) is 8.67.